The summed E-state index contributed by atoms with van der Waals surface area (Å²) >= 11 is 7.21. The molecule has 4 aromatic rings. The van der Waals surface area contributed by atoms with Gasteiger partial charge in [-0.2, -0.15) is 0 Å². The van der Waals surface area contributed by atoms with Crippen LogP contribution in [0.5, 0.6) is 0 Å². The summed E-state index contributed by atoms with van der Waals surface area (Å²) in [5, 5.41) is 4.51. The van der Waals surface area contributed by atoms with Crippen LogP contribution in [0.4, 0.5) is 5.69 Å². The molecule has 1 N–H and O–H groups in total. The van der Waals surface area contributed by atoms with Crippen LogP contribution < -0.4 is 10.9 Å². The second-order valence-corrected chi connectivity index (χ2v) is 8.56. The molecule has 1 amide bonds. The lowest BCUT2D eigenvalue weighted by molar-refractivity contribution is -0.113. The third kappa shape index (κ3) is 4.65. The van der Waals surface area contributed by atoms with Gasteiger partial charge < -0.3 is 5.32 Å². The Morgan fingerprint density at radius 2 is 1.81 bits per heavy atom. The zero-order chi connectivity index (χ0) is 22.0. The molecule has 156 valence electrons. The molecule has 0 bridgehead atoms. The molecule has 0 aliphatic carbocycles. The third-order valence-corrected chi connectivity index (χ3v) is 6.01. The Morgan fingerprint density at radius 3 is 2.55 bits per heavy atom. The highest BCUT2D eigenvalue weighted by Gasteiger charge is 2.15. The van der Waals surface area contributed by atoms with Crippen molar-refractivity contribution in [2.24, 2.45) is 0 Å². The van der Waals surface area contributed by atoms with Crippen molar-refractivity contribution in [3.63, 3.8) is 0 Å². The highest BCUT2D eigenvalue weighted by Crippen LogP contribution is 2.23. The van der Waals surface area contributed by atoms with Crippen molar-refractivity contribution in [3.8, 4) is 5.69 Å². The highest BCUT2D eigenvalue weighted by molar-refractivity contribution is 7.99. The number of benzene rings is 3. The number of fused-ring (bicyclic) bond motifs is 1. The van der Waals surface area contributed by atoms with E-state index in [1.807, 2.05) is 50.2 Å². The van der Waals surface area contributed by atoms with Crippen LogP contribution in [0, 0.1) is 13.8 Å². The molecule has 3 aromatic carbocycles. The minimum absolute atomic E-state index is 0.110. The number of nitrogens with one attached hydrogen (secondary N) is 1. The number of aryl methyl sites for hydroxylation is 2. The smallest absolute Gasteiger partial charge is 0.266 e. The molecule has 0 radical (unpaired) electrons. The minimum Gasteiger partial charge on any atom is -0.325 e. The summed E-state index contributed by atoms with van der Waals surface area (Å²) in [5.41, 5.74) is 3.84. The van der Waals surface area contributed by atoms with E-state index in [0.29, 0.717) is 32.5 Å². The number of hydrogen-bond acceptors (Lipinski definition) is 4. The molecule has 4 rings (SSSR count). The Bertz CT molecular complexity index is 1330. The normalized spacial score (nSPS) is 10.9. The molecule has 7 heteroatoms. The van der Waals surface area contributed by atoms with Gasteiger partial charge in [-0.05, 0) is 61.9 Å². The van der Waals surface area contributed by atoms with Crippen molar-refractivity contribution in [1.29, 1.82) is 0 Å². The summed E-state index contributed by atoms with van der Waals surface area (Å²) in [4.78, 5) is 30.5. The van der Waals surface area contributed by atoms with Crippen LogP contribution in [0.3, 0.4) is 0 Å². The summed E-state index contributed by atoms with van der Waals surface area (Å²) < 4.78 is 1.56. The standard InChI is InChI=1S/C24H20ClN3O2S/c1-15-7-10-18(11-8-15)28-23(30)19-5-3-4-6-21(19)27-24(28)31-14-22(29)26-20-12-9-17(25)13-16(20)2/h3-13H,14H2,1-2H3,(H,26,29). The van der Waals surface area contributed by atoms with Crippen LogP contribution in [0.25, 0.3) is 16.6 Å². The molecular formula is C24H20ClN3O2S. The lowest BCUT2D eigenvalue weighted by atomic mass is 10.2. The number of thioether (sulfide) groups is 1. The average molecular weight is 450 g/mol. The van der Waals surface area contributed by atoms with Crippen LogP contribution in [-0.2, 0) is 4.79 Å². The monoisotopic (exact) mass is 449 g/mol. The topological polar surface area (TPSA) is 64.0 Å². The highest BCUT2D eigenvalue weighted by atomic mass is 35.5. The van der Waals surface area contributed by atoms with E-state index in [-0.39, 0.29) is 17.2 Å². The number of nitrogens with zero attached hydrogens (tertiary/aromatic N) is 2. The summed E-state index contributed by atoms with van der Waals surface area (Å²) in [6.07, 6.45) is 0. The van der Waals surface area contributed by atoms with Crippen molar-refractivity contribution >= 4 is 45.9 Å². The Morgan fingerprint density at radius 1 is 1.06 bits per heavy atom. The first kappa shape index (κ1) is 21.2. The number of hydrogen-bond donors (Lipinski definition) is 1. The van der Waals surface area contributed by atoms with Gasteiger partial charge in [0.25, 0.3) is 5.56 Å². The number of amides is 1. The first-order valence-corrected chi connectivity index (χ1v) is 11.1. The molecule has 0 unspecified atom stereocenters. The van der Waals surface area contributed by atoms with Gasteiger partial charge in [-0.15, -0.1) is 0 Å². The molecule has 0 fully saturated rings. The van der Waals surface area contributed by atoms with Crippen molar-refractivity contribution < 1.29 is 4.79 Å². The Labute approximate surface area is 189 Å². The van der Waals surface area contributed by atoms with E-state index < -0.39 is 0 Å². The number of para-hydroxylation sites is 1. The van der Waals surface area contributed by atoms with Crippen molar-refractivity contribution in [2.45, 2.75) is 19.0 Å². The van der Waals surface area contributed by atoms with Gasteiger partial charge >= 0.3 is 0 Å². The van der Waals surface area contributed by atoms with Crippen LogP contribution in [-0.4, -0.2) is 21.2 Å². The second-order valence-electron chi connectivity index (χ2n) is 7.18. The lowest BCUT2D eigenvalue weighted by Gasteiger charge is -2.14. The zero-order valence-corrected chi connectivity index (χ0v) is 18.6. The molecule has 0 aliphatic heterocycles. The Balaban J connectivity index is 1.66. The SMILES string of the molecule is Cc1ccc(-n2c(SCC(=O)Nc3ccc(Cl)cc3C)nc3ccccc3c2=O)cc1. The van der Waals surface area contributed by atoms with Gasteiger partial charge in [0.2, 0.25) is 5.91 Å². The largest absolute Gasteiger partial charge is 0.325 e. The quantitative estimate of drug-likeness (QED) is 0.328. The number of aromatic nitrogens is 2. The summed E-state index contributed by atoms with van der Waals surface area (Å²) in [5.74, 6) is -0.0769. The van der Waals surface area contributed by atoms with E-state index in [1.165, 1.54) is 11.8 Å². The van der Waals surface area contributed by atoms with E-state index >= 15 is 0 Å². The Kier molecular flexibility index (Phi) is 6.11. The van der Waals surface area contributed by atoms with Gasteiger partial charge in [0, 0.05) is 10.7 Å². The van der Waals surface area contributed by atoms with Crippen molar-refractivity contribution in [1.82, 2.24) is 9.55 Å². The van der Waals surface area contributed by atoms with E-state index in [2.05, 4.69) is 10.3 Å². The Hall–Kier alpha value is -3.09. The van der Waals surface area contributed by atoms with Gasteiger partial charge in [0.1, 0.15) is 0 Å². The fraction of sp³-hybridized carbons (Fsp3) is 0.125. The van der Waals surface area contributed by atoms with E-state index in [9.17, 15) is 9.59 Å². The van der Waals surface area contributed by atoms with Gasteiger partial charge in [-0.1, -0.05) is 53.2 Å². The fourth-order valence-electron chi connectivity index (χ4n) is 3.21. The summed E-state index contributed by atoms with van der Waals surface area (Å²) in [6, 6.07) is 20.2. The molecular weight excluding hydrogens is 430 g/mol. The molecule has 5 nitrogen and oxygen atoms in total. The molecule has 31 heavy (non-hydrogen) atoms. The predicted molar refractivity (Wildman–Crippen MR) is 128 cm³/mol. The summed E-state index contributed by atoms with van der Waals surface area (Å²) in [7, 11) is 0. The number of anilines is 1. The van der Waals surface area contributed by atoms with E-state index in [1.54, 1.807) is 34.9 Å². The molecule has 0 spiro atoms. The molecule has 1 aromatic heterocycles. The average Bonchev–Trinajstić information content (AvgIpc) is 2.75. The number of halogens is 1. The maximum absolute atomic E-state index is 13.2. The van der Waals surface area contributed by atoms with Crippen molar-refractivity contribution in [3.05, 3.63) is 93.2 Å². The van der Waals surface area contributed by atoms with Crippen LogP contribution in [0.1, 0.15) is 11.1 Å². The lowest BCUT2D eigenvalue weighted by Crippen LogP contribution is -2.23. The minimum atomic E-state index is -0.187. The first-order valence-electron chi connectivity index (χ1n) is 9.70. The predicted octanol–water partition coefficient (Wildman–Crippen LogP) is 5.39. The van der Waals surface area contributed by atoms with E-state index in [4.69, 9.17) is 11.6 Å². The second kappa shape index (κ2) is 8.96. The molecule has 0 saturated carbocycles. The maximum atomic E-state index is 13.2. The molecule has 0 saturated heterocycles. The van der Waals surface area contributed by atoms with Crippen molar-refractivity contribution in [2.75, 3.05) is 11.1 Å². The zero-order valence-electron chi connectivity index (χ0n) is 17.1. The van der Waals surface area contributed by atoms with Crippen LogP contribution in [0.15, 0.2) is 76.7 Å². The molecule has 1 heterocycles. The summed E-state index contributed by atoms with van der Waals surface area (Å²) in [6.45, 7) is 3.87. The van der Waals surface area contributed by atoms with Gasteiger partial charge in [0.05, 0.1) is 22.3 Å². The number of carbonyl (C=O) groups excluding carboxylic acids is 1. The maximum Gasteiger partial charge on any atom is 0.266 e. The van der Waals surface area contributed by atoms with Crippen LogP contribution >= 0.6 is 23.4 Å². The molecule has 0 atom stereocenters. The van der Waals surface area contributed by atoms with Crippen LogP contribution in [0.2, 0.25) is 5.02 Å². The number of rotatable bonds is 5. The third-order valence-electron chi connectivity index (χ3n) is 4.83. The first-order chi connectivity index (χ1) is 14.9. The molecule has 0 aliphatic rings. The van der Waals surface area contributed by atoms with Gasteiger partial charge in [-0.25, -0.2) is 4.98 Å². The number of carbonyl (C=O) groups is 1. The van der Waals surface area contributed by atoms with E-state index in [0.717, 1.165) is 11.1 Å². The van der Waals surface area contributed by atoms with Gasteiger partial charge in [0.15, 0.2) is 5.16 Å². The fourth-order valence-corrected chi connectivity index (χ4v) is 4.25. The van der Waals surface area contributed by atoms with Gasteiger partial charge in [-0.3, -0.25) is 14.2 Å².